The molecule has 2 rings (SSSR count). The third-order valence-corrected chi connectivity index (χ3v) is 2.59. The van der Waals surface area contributed by atoms with Crippen LogP contribution >= 0.6 is 0 Å². The zero-order chi connectivity index (χ0) is 15.6. The molecule has 110 valence electrons. The Labute approximate surface area is 116 Å². The van der Waals surface area contributed by atoms with Crippen LogP contribution in [0, 0.1) is 10.1 Å². The summed E-state index contributed by atoms with van der Waals surface area (Å²) in [7, 11) is 0. The van der Waals surface area contributed by atoms with Gasteiger partial charge in [-0.25, -0.2) is 0 Å². The molecule has 0 bridgehead atoms. The highest BCUT2D eigenvalue weighted by Crippen LogP contribution is 2.33. The molecule has 0 saturated carbocycles. The lowest BCUT2D eigenvalue weighted by atomic mass is 10.0. The predicted molar refractivity (Wildman–Crippen MR) is 66.9 cm³/mol. The number of hydrogen-bond donors (Lipinski definition) is 1. The van der Waals surface area contributed by atoms with Crippen LogP contribution in [0.5, 0.6) is 11.5 Å². The topological polar surface area (TPSA) is 72.6 Å². The Bertz CT molecular complexity index is 668. The lowest BCUT2D eigenvalue weighted by Gasteiger charge is -2.10. The summed E-state index contributed by atoms with van der Waals surface area (Å²) in [6.45, 7) is 0. The van der Waals surface area contributed by atoms with Gasteiger partial charge in [-0.3, -0.25) is 10.1 Å². The number of nitro groups is 1. The highest BCUT2D eigenvalue weighted by Gasteiger charge is 2.31. The van der Waals surface area contributed by atoms with Crippen molar-refractivity contribution in [3.05, 3.63) is 52.6 Å². The van der Waals surface area contributed by atoms with Crippen LogP contribution in [-0.2, 0) is 0 Å². The number of nitro benzene ring substituents is 1. The summed E-state index contributed by atoms with van der Waals surface area (Å²) in [5.74, 6) is -0.735. The number of phenolic OH excluding ortho intramolecular Hbond substituents is 1. The fraction of sp³-hybridized carbons (Fsp3) is 0.0769. The number of benzene rings is 2. The second-order valence-electron chi connectivity index (χ2n) is 4.03. The Kier molecular flexibility index (Phi) is 3.70. The molecule has 0 aliphatic carbocycles. The van der Waals surface area contributed by atoms with Crippen LogP contribution in [0.3, 0.4) is 0 Å². The van der Waals surface area contributed by atoms with Gasteiger partial charge in [0.2, 0.25) is 0 Å². The van der Waals surface area contributed by atoms with Crippen LogP contribution in [0.4, 0.5) is 18.9 Å². The smallest absolute Gasteiger partial charge is 0.507 e. The first-order valence-electron chi connectivity index (χ1n) is 5.60. The number of hydrogen-bond acceptors (Lipinski definition) is 4. The van der Waals surface area contributed by atoms with Gasteiger partial charge < -0.3 is 9.84 Å². The molecule has 0 heterocycles. The molecular weight excluding hydrogens is 291 g/mol. The third-order valence-electron chi connectivity index (χ3n) is 2.59. The molecule has 0 aliphatic heterocycles. The number of ether oxygens (including phenoxy) is 1. The second kappa shape index (κ2) is 5.31. The number of phenols is 1. The van der Waals surface area contributed by atoms with Gasteiger partial charge in [-0.2, -0.15) is 0 Å². The van der Waals surface area contributed by atoms with Gasteiger partial charge in [0.25, 0.3) is 5.69 Å². The van der Waals surface area contributed by atoms with E-state index in [0.29, 0.717) is 5.56 Å². The van der Waals surface area contributed by atoms with Crippen molar-refractivity contribution in [1.29, 1.82) is 0 Å². The Morgan fingerprint density at radius 3 is 2.19 bits per heavy atom. The molecule has 2 aromatic rings. The van der Waals surface area contributed by atoms with Crippen molar-refractivity contribution in [3.63, 3.8) is 0 Å². The molecule has 0 spiro atoms. The number of halogens is 3. The van der Waals surface area contributed by atoms with E-state index in [-0.39, 0.29) is 17.0 Å². The van der Waals surface area contributed by atoms with Gasteiger partial charge in [0.05, 0.1) is 11.0 Å². The zero-order valence-electron chi connectivity index (χ0n) is 10.3. The minimum atomic E-state index is -4.78. The van der Waals surface area contributed by atoms with Gasteiger partial charge in [-0.15, -0.1) is 13.2 Å². The van der Waals surface area contributed by atoms with E-state index >= 15 is 0 Å². The molecule has 8 heteroatoms. The molecule has 2 aromatic carbocycles. The van der Waals surface area contributed by atoms with Crippen molar-refractivity contribution in [2.45, 2.75) is 6.36 Å². The quantitative estimate of drug-likeness (QED) is 0.690. The van der Waals surface area contributed by atoms with Crippen molar-refractivity contribution in [3.8, 4) is 22.6 Å². The molecular formula is C13H8F3NO4. The van der Waals surface area contributed by atoms with Gasteiger partial charge in [0.1, 0.15) is 11.5 Å². The van der Waals surface area contributed by atoms with Gasteiger partial charge in [-0.05, 0) is 23.8 Å². The maximum Gasteiger partial charge on any atom is 0.573 e. The van der Waals surface area contributed by atoms with E-state index in [1.165, 1.54) is 24.3 Å². The Morgan fingerprint density at radius 2 is 1.71 bits per heavy atom. The lowest BCUT2D eigenvalue weighted by Crippen LogP contribution is -2.16. The maximum atomic E-state index is 12.0. The molecule has 0 aliphatic rings. The van der Waals surface area contributed by atoms with Crippen LogP contribution < -0.4 is 4.74 Å². The molecule has 5 nitrogen and oxygen atoms in total. The van der Waals surface area contributed by atoms with E-state index in [9.17, 15) is 28.4 Å². The minimum Gasteiger partial charge on any atom is -0.507 e. The standard InChI is InChI=1S/C13H8F3NO4/c14-13(15,16)21-10-4-1-8(2-5-10)11-6-3-9(17(19)20)7-12(11)18/h1-7,18H. The first-order valence-corrected chi connectivity index (χ1v) is 5.60. The molecule has 0 amide bonds. The van der Waals surface area contributed by atoms with E-state index < -0.39 is 17.0 Å². The summed E-state index contributed by atoms with van der Waals surface area (Å²) in [6.07, 6.45) is -4.78. The molecule has 0 fully saturated rings. The summed E-state index contributed by atoms with van der Waals surface area (Å²) < 4.78 is 39.8. The SMILES string of the molecule is O=[N+]([O-])c1ccc(-c2ccc(OC(F)(F)F)cc2)c(O)c1. The number of nitrogens with zero attached hydrogens (tertiary/aromatic N) is 1. The molecule has 0 aromatic heterocycles. The van der Waals surface area contributed by atoms with Crippen LogP contribution in [-0.4, -0.2) is 16.4 Å². The van der Waals surface area contributed by atoms with Crippen molar-refractivity contribution in [1.82, 2.24) is 0 Å². The van der Waals surface area contributed by atoms with Crippen LogP contribution in [0.15, 0.2) is 42.5 Å². The van der Waals surface area contributed by atoms with E-state index in [1.807, 2.05) is 0 Å². The largest absolute Gasteiger partial charge is 0.573 e. The summed E-state index contributed by atoms with van der Waals surface area (Å²) in [5, 5.41) is 20.3. The monoisotopic (exact) mass is 299 g/mol. The van der Waals surface area contributed by atoms with Crippen LogP contribution in [0.25, 0.3) is 11.1 Å². The van der Waals surface area contributed by atoms with E-state index in [0.717, 1.165) is 18.2 Å². The van der Waals surface area contributed by atoms with Gasteiger partial charge in [-0.1, -0.05) is 12.1 Å². The molecule has 0 saturated heterocycles. The fourth-order valence-electron chi connectivity index (χ4n) is 1.71. The Hall–Kier alpha value is -2.77. The third kappa shape index (κ3) is 3.62. The van der Waals surface area contributed by atoms with Crippen LogP contribution in [0.1, 0.15) is 0 Å². The zero-order valence-corrected chi connectivity index (χ0v) is 10.3. The first kappa shape index (κ1) is 14.6. The van der Waals surface area contributed by atoms with Crippen molar-refractivity contribution >= 4 is 5.69 Å². The van der Waals surface area contributed by atoms with E-state index in [4.69, 9.17) is 0 Å². The summed E-state index contributed by atoms with van der Waals surface area (Å²) in [5.41, 5.74) is 0.379. The highest BCUT2D eigenvalue weighted by atomic mass is 19.4. The van der Waals surface area contributed by atoms with E-state index in [2.05, 4.69) is 4.74 Å². The lowest BCUT2D eigenvalue weighted by molar-refractivity contribution is -0.384. The average Bonchev–Trinajstić information content (AvgIpc) is 2.38. The van der Waals surface area contributed by atoms with E-state index in [1.54, 1.807) is 0 Å². The second-order valence-corrected chi connectivity index (χ2v) is 4.03. The molecule has 0 unspecified atom stereocenters. The van der Waals surface area contributed by atoms with Crippen molar-refractivity contribution < 1.29 is 27.9 Å². The predicted octanol–water partition coefficient (Wildman–Crippen LogP) is 3.87. The number of non-ortho nitro benzene ring substituents is 1. The van der Waals surface area contributed by atoms with Gasteiger partial charge in [0, 0.05) is 11.6 Å². The highest BCUT2D eigenvalue weighted by molar-refractivity contribution is 5.72. The first-order chi connectivity index (χ1) is 9.76. The molecule has 0 radical (unpaired) electrons. The summed E-state index contributed by atoms with van der Waals surface area (Å²) in [4.78, 5) is 9.89. The molecule has 0 atom stereocenters. The molecule has 1 N–H and O–H groups in total. The summed E-state index contributed by atoms with van der Waals surface area (Å²) in [6, 6.07) is 8.26. The average molecular weight is 299 g/mol. The van der Waals surface area contributed by atoms with Crippen LogP contribution in [0.2, 0.25) is 0 Å². The molecule has 21 heavy (non-hydrogen) atoms. The van der Waals surface area contributed by atoms with Crippen molar-refractivity contribution in [2.75, 3.05) is 0 Å². The van der Waals surface area contributed by atoms with Gasteiger partial charge in [0.15, 0.2) is 0 Å². The fourth-order valence-corrected chi connectivity index (χ4v) is 1.71. The Balaban J connectivity index is 2.29. The Morgan fingerprint density at radius 1 is 1.10 bits per heavy atom. The number of aromatic hydroxyl groups is 1. The normalized spacial score (nSPS) is 11.2. The maximum absolute atomic E-state index is 12.0. The van der Waals surface area contributed by atoms with Gasteiger partial charge >= 0.3 is 6.36 Å². The number of alkyl halides is 3. The summed E-state index contributed by atoms with van der Waals surface area (Å²) >= 11 is 0. The minimum absolute atomic E-state index is 0.263. The number of rotatable bonds is 3. The van der Waals surface area contributed by atoms with Crippen molar-refractivity contribution in [2.24, 2.45) is 0 Å².